The summed E-state index contributed by atoms with van der Waals surface area (Å²) in [5, 5.41) is 7.43. The average Bonchev–Trinajstić information content (AvgIpc) is 3.06. The van der Waals surface area contributed by atoms with Crippen LogP contribution in [0.1, 0.15) is 6.42 Å². The molecule has 2 rings (SSSR count). The zero-order valence-corrected chi connectivity index (χ0v) is 14.4. The van der Waals surface area contributed by atoms with Gasteiger partial charge in [0.2, 0.25) is 0 Å². The second kappa shape index (κ2) is 9.11. The molecule has 1 aromatic heterocycles. The summed E-state index contributed by atoms with van der Waals surface area (Å²) in [6.45, 7) is 4.45. The van der Waals surface area contributed by atoms with Crippen LogP contribution in [-0.4, -0.2) is 66.0 Å². The first-order valence-electron chi connectivity index (χ1n) is 6.60. The Labute approximate surface area is 136 Å². The maximum absolute atomic E-state index is 5.21. The summed E-state index contributed by atoms with van der Waals surface area (Å²) >= 11 is 0. The summed E-state index contributed by atoms with van der Waals surface area (Å²) in [6.07, 6.45) is 4.43. The van der Waals surface area contributed by atoms with Crippen molar-refractivity contribution in [3.63, 3.8) is 0 Å². The molecule has 1 fully saturated rings. The van der Waals surface area contributed by atoms with Crippen LogP contribution in [0.2, 0.25) is 0 Å². The number of halogens is 1. The molecule has 8 heteroatoms. The quantitative estimate of drug-likeness (QED) is 0.446. The van der Waals surface area contributed by atoms with E-state index in [1.165, 1.54) is 0 Å². The second-order valence-corrected chi connectivity index (χ2v) is 4.69. The number of likely N-dealkylation sites (tertiary alicyclic amines) is 1. The van der Waals surface area contributed by atoms with Crippen molar-refractivity contribution in [1.29, 1.82) is 0 Å². The fourth-order valence-electron chi connectivity index (χ4n) is 2.36. The molecule has 0 aromatic carbocycles. The number of rotatable bonds is 5. The van der Waals surface area contributed by atoms with Crippen LogP contribution in [0.25, 0.3) is 0 Å². The highest BCUT2D eigenvalue weighted by Gasteiger charge is 2.24. The first-order valence-corrected chi connectivity index (χ1v) is 6.60. The normalized spacial score (nSPS) is 19.0. The lowest BCUT2D eigenvalue weighted by molar-refractivity contribution is 0.157. The molecule has 1 aliphatic heterocycles. The number of nitrogens with zero attached hydrogens (tertiary/aromatic N) is 5. The Balaban J connectivity index is 0.00000200. The van der Waals surface area contributed by atoms with Gasteiger partial charge >= 0.3 is 0 Å². The second-order valence-electron chi connectivity index (χ2n) is 4.69. The Morgan fingerprint density at radius 2 is 2.40 bits per heavy atom. The summed E-state index contributed by atoms with van der Waals surface area (Å²) in [5.74, 6) is 1.57. The van der Waals surface area contributed by atoms with Crippen molar-refractivity contribution in [3.8, 4) is 0 Å². The summed E-state index contributed by atoms with van der Waals surface area (Å²) in [6, 6.07) is 0. The van der Waals surface area contributed by atoms with Crippen molar-refractivity contribution >= 4 is 29.9 Å². The molecule has 0 amide bonds. The van der Waals surface area contributed by atoms with Gasteiger partial charge in [0.25, 0.3) is 0 Å². The molecule has 0 aliphatic carbocycles. The number of methoxy groups -OCH3 is 1. The fourth-order valence-corrected chi connectivity index (χ4v) is 2.36. The molecule has 7 nitrogen and oxygen atoms in total. The summed E-state index contributed by atoms with van der Waals surface area (Å²) in [5.41, 5.74) is 0. The van der Waals surface area contributed by atoms with E-state index in [0.29, 0.717) is 5.92 Å². The van der Waals surface area contributed by atoms with Gasteiger partial charge in [-0.15, -0.1) is 24.0 Å². The molecule has 0 saturated carbocycles. The third kappa shape index (κ3) is 4.89. The lowest BCUT2D eigenvalue weighted by Crippen LogP contribution is -2.41. The maximum Gasteiger partial charge on any atom is 0.193 e. The highest BCUT2D eigenvalue weighted by Crippen LogP contribution is 2.16. The van der Waals surface area contributed by atoms with E-state index in [9.17, 15) is 0 Å². The van der Waals surface area contributed by atoms with Crippen LogP contribution >= 0.6 is 24.0 Å². The third-order valence-electron chi connectivity index (χ3n) is 3.29. The van der Waals surface area contributed by atoms with Crippen molar-refractivity contribution in [2.24, 2.45) is 10.9 Å². The molecule has 0 bridgehead atoms. The molecule has 114 valence electrons. The Bertz CT molecular complexity index is 397. The van der Waals surface area contributed by atoms with Gasteiger partial charge in [-0.05, 0) is 6.42 Å². The van der Waals surface area contributed by atoms with Crippen molar-refractivity contribution in [1.82, 2.24) is 25.0 Å². The number of aromatic nitrogens is 3. The molecule has 1 atom stereocenters. The smallest absolute Gasteiger partial charge is 0.193 e. The van der Waals surface area contributed by atoms with E-state index in [1.54, 1.807) is 24.4 Å². The van der Waals surface area contributed by atoms with Gasteiger partial charge in [0, 0.05) is 39.7 Å². The highest BCUT2D eigenvalue weighted by molar-refractivity contribution is 14.0. The Morgan fingerprint density at radius 1 is 1.55 bits per heavy atom. The molecule has 1 unspecified atom stereocenters. The van der Waals surface area contributed by atoms with Crippen molar-refractivity contribution in [2.45, 2.75) is 13.0 Å². The first-order chi connectivity index (χ1) is 9.33. The van der Waals surface area contributed by atoms with Crippen LogP contribution in [-0.2, 0) is 11.3 Å². The summed E-state index contributed by atoms with van der Waals surface area (Å²) in [4.78, 5) is 10.5. The van der Waals surface area contributed by atoms with Crippen molar-refractivity contribution in [3.05, 3.63) is 12.7 Å². The molecule has 1 aromatic rings. The van der Waals surface area contributed by atoms with E-state index in [1.807, 2.05) is 7.05 Å². The van der Waals surface area contributed by atoms with E-state index in [2.05, 4.69) is 25.3 Å². The fraction of sp³-hybridized carbons (Fsp3) is 0.750. The van der Waals surface area contributed by atoms with Gasteiger partial charge in [-0.25, -0.2) is 4.98 Å². The van der Waals surface area contributed by atoms with Crippen LogP contribution in [0, 0.1) is 5.92 Å². The standard InChI is InChI=1S/C12H22N6O.HI/c1-13-12(15-4-6-18-10-14-9-16-18)17-5-3-11(7-17)8-19-2;/h9-11H,3-8H2,1-2H3,(H,13,15);1H. The Kier molecular flexibility index (Phi) is 7.82. The third-order valence-corrected chi connectivity index (χ3v) is 3.29. The van der Waals surface area contributed by atoms with Gasteiger partial charge in [0.1, 0.15) is 12.7 Å². The molecular formula is C12H23IN6O. The number of hydrogen-bond acceptors (Lipinski definition) is 4. The number of guanidine groups is 1. The Morgan fingerprint density at radius 3 is 3.05 bits per heavy atom. The number of nitrogens with one attached hydrogen (secondary N) is 1. The Hall–Kier alpha value is -0.900. The number of aliphatic imine (C=N–C) groups is 1. The highest BCUT2D eigenvalue weighted by atomic mass is 127. The summed E-state index contributed by atoms with van der Waals surface area (Å²) in [7, 11) is 3.58. The van der Waals surface area contributed by atoms with E-state index in [-0.39, 0.29) is 24.0 Å². The first kappa shape index (κ1) is 17.2. The summed E-state index contributed by atoms with van der Waals surface area (Å²) < 4.78 is 7.02. The predicted molar refractivity (Wildman–Crippen MR) is 88.4 cm³/mol. The van der Waals surface area contributed by atoms with E-state index in [4.69, 9.17) is 4.74 Å². The van der Waals surface area contributed by atoms with E-state index < -0.39 is 0 Å². The predicted octanol–water partition coefficient (Wildman–Crippen LogP) is 0.440. The van der Waals surface area contributed by atoms with Crippen LogP contribution in [0.4, 0.5) is 0 Å². The van der Waals surface area contributed by atoms with Crippen molar-refractivity contribution in [2.75, 3.05) is 40.4 Å². The number of hydrogen-bond donors (Lipinski definition) is 1. The lowest BCUT2D eigenvalue weighted by Gasteiger charge is -2.21. The minimum absolute atomic E-state index is 0. The maximum atomic E-state index is 5.21. The van der Waals surface area contributed by atoms with Gasteiger partial charge in [0.15, 0.2) is 5.96 Å². The van der Waals surface area contributed by atoms with Gasteiger partial charge in [-0.2, -0.15) is 5.10 Å². The average molecular weight is 394 g/mol. The van der Waals surface area contributed by atoms with Gasteiger partial charge < -0.3 is 15.0 Å². The van der Waals surface area contributed by atoms with Crippen LogP contribution in [0.5, 0.6) is 0 Å². The number of ether oxygens (including phenoxy) is 1. The molecule has 1 aliphatic rings. The molecule has 1 N–H and O–H groups in total. The van der Waals surface area contributed by atoms with Gasteiger partial charge in [-0.3, -0.25) is 9.67 Å². The SMILES string of the molecule is CN=C(NCCn1cncn1)N1CCC(COC)C1.I. The van der Waals surface area contributed by atoms with E-state index in [0.717, 1.165) is 45.2 Å². The zero-order chi connectivity index (χ0) is 13.5. The van der Waals surface area contributed by atoms with Gasteiger partial charge in [-0.1, -0.05) is 0 Å². The van der Waals surface area contributed by atoms with Crippen LogP contribution in [0.15, 0.2) is 17.6 Å². The van der Waals surface area contributed by atoms with Crippen LogP contribution < -0.4 is 5.32 Å². The zero-order valence-electron chi connectivity index (χ0n) is 12.0. The monoisotopic (exact) mass is 394 g/mol. The minimum atomic E-state index is 0. The molecule has 0 radical (unpaired) electrons. The molecule has 2 heterocycles. The molecular weight excluding hydrogens is 371 g/mol. The van der Waals surface area contributed by atoms with E-state index >= 15 is 0 Å². The van der Waals surface area contributed by atoms with Crippen molar-refractivity contribution < 1.29 is 4.74 Å². The largest absolute Gasteiger partial charge is 0.384 e. The molecule has 20 heavy (non-hydrogen) atoms. The topological polar surface area (TPSA) is 67.6 Å². The minimum Gasteiger partial charge on any atom is -0.384 e. The van der Waals surface area contributed by atoms with Gasteiger partial charge in [0.05, 0.1) is 13.2 Å². The molecule has 0 spiro atoms. The van der Waals surface area contributed by atoms with Crippen LogP contribution in [0.3, 0.4) is 0 Å². The lowest BCUT2D eigenvalue weighted by atomic mass is 10.1. The molecule has 1 saturated heterocycles.